The third kappa shape index (κ3) is 3.09. The number of ether oxygens (including phenoxy) is 1. The van der Waals surface area contributed by atoms with Crippen LogP contribution in [0.1, 0.15) is 40.0 Å². The van der Waals surface area contributed by atoms with Crippen LogP contribution in [0.3, 0.4) is 0 Å². The minimum atomic E-state index is -0.401. The van der Waals surface area contributed by atoms with Gasteiger partial charge in [0.1, 0.15) is 5.60 Å². The molecule has 20 heavy (non-hydrogen) atoms. The second kappa shape index (κ2) is 4.88. The van der Waals surface area contributed by atoms with E-state index in [1.807, 2.05) is 25.7 Å². The first-order valence-electron chi connectivity index (χ1n) is 7.84. The number of hydrogen-bond donors (Lipinski definition) is 1. The van der Waals surface area contributed by atoms with Crippen LogP contribution in [0, 0.1) is 0 Å². The lowest BCUT2D eigenvalue weighted by molar-refractivity contribution is 0.0275. The van der Waals surface area contributed by atoms with E-state index in [0.29, 0.717) is 11.6 Å². The van der Waals surface area contributed by atoms with Crippen molar-refractivity contribution in [3.8, 4) is 0 Å². The second-order valence-corrected chi connectivity index (χ2v) is 7.55. The molecule has 0 radical (unpaired) electrons. The molecule has 1 spiro atoms. The highest BCUT2D eigenvalue weighted by atomic mass is 16.6. The Kier molecular flexibility index (Phi) is 3.45. The number of carbonyl (C=O) groups excluding carboxylic acids is 1. The Morgan fingerprint density at radius 2 is 2.05 bits per heavy atom. The van der Waals surface area contributed by atoms with E-state index in [1.165, 1.54) is 12.8 Å². The minimum absolute atomic E-state index is 0.156. The van der Waals surface area contributed by atoms with Crippen molar-refractivity contribution >= 4 is 6.09 Å². The van der Waals surface area contributed by atoms with Gasteiger partial charge in [-0.3, -0.25) is 4.90 Å². The molecule has 5 heteroatoms. The monoisotopic (exact) mass is 281 g/mol. The van der Waals surface area contributed by atoms with Crippen molar-refractivity contribution < 1.29 is 9.53 Å². The predicted molar refractivity (Wildman–Crippen MR) is 77.8 cm³/mol. The summed E-state index contributed by atoms with van der Waals surface area (Å²) in [6, 6.07) is 0.516. The predicted octanol–water partition coefficient (Wildman–Crippen LogP) is 1.43. The van der Waals surface area contributed by atoms with Crippen LogP contribution in [0.2, 0.25) is 0 Å². The Bertz CT molecular complexity index is 387. The smallest absolute Gasteiger partial charge is 0.410 e. The fourth-order valence-corrected chi connectivity index (χ4v) is 3.32. The van der Waals surface area contributed by atoms with Crippen LogP contribution in [0.5, 0.6) is 0 Å². The first-order valence-corrected chi connectivity index (χ1v) is 7.84. The first-order chi connectivity index (χ1) is 9.37. The van der Waals surface area contributed by atoms with Crippen molar-refractivity contribution in [3.05, 3.63) is 0 Å². The van der Waals surface area contributed by atoms with Crippen molar-refractivity contribution in [1.29, 1.82) is 0 Å². The summed E-state index contributed by atoms with van der Waals surface area (Å²) in [6.07, 6.45) is 3.55. The van der Waals surface area contributed by atoms with Crippen molar-refractivity contribution in [2.45, 2.75) is 57.2 Å². The number of carbonyl (C=O) groups is 1. The van der Waals surface area contributed by atoms with E-state index < -0.39 is 5.60 Å². The highest BCUT2D eigenvalue weighted by Gasteiger charge is 2.47. The molecule has 0 aromatic heterocycles. The van der Waals surface area contributed by atoms with Gasteiger partial charge in [-0.25, -0.2) is 4.79 Å². The van der Waals surface area contributed by atoms with E-state index in [4.69, 9.17) is 4.74 Å². The lowest BCUT2D eigenvalue weighted by atomic mass is 10.1. The highest BCUT2D eigenvalue weighted by Crippen LogP contribution is 2.38. The van der Waals surface area contributed by atoms with E-state index in [1.54, 1.807) is 0 Å². The van der Waals surface area contributed by atoms with E-state index >= 15 is 0 Å². The van der Waals surface area contributed by atoms with Gasteiger partial charge in [-0.05, 0) is 40.0 Å². The molecule has 3 fully saturated rings. The SMILES string of the molecule is CC(C)(C)OC(=O)N1CCC(N2CCNC3(CC3)C2)C1. The quantitative estimate of drug-likeness (QED) is 0.790. The number of nitrogens with zero attached hydrogens (tertiary/aromatic N) is 2. The summed E-state index contributed by atoms with van der Waals surface area (Å²) < 4.78 is 5.47. The van der Waals surface area contributed by atoms with Gasteiger partial charge < -0.3 is 15.0 Å². The molecule has 5 nitrogen and oxygen atoms in total. The van der Waals surface area contributed by atoms with Crippen molar-refractivity contribution in [1.82, 2.24) is 15.1 Å². The second-order valence-electron chi connectivity index (χ2n) is 7.55. The molecule has 1 amide bonds. The van der Waals surface area contributed by atoms with Crippen LogP contribution in [-0.2, 0) is 4.74 Å². The van der Waals surface area contributed by atoms with Gasteiger partial charge >= 0.3 is 6.09 Å². The summed E-state index contributed by atoms with van der Waals surface area (Å²) in [5.41, 5.74) is 0.0138. The van der Waals surface area contributed by atoms with Crippen LogP contribution in [0.25, 0.3) is 0 Å². The maximum absolute atomic E-state index is 12.1. The van der Waals surface area contributed by atoms with Crippen LogP contribution >= 0.6 is 0 Å². The van der Waals surface area contributed by atoms with E-state index in [0.717, 1.165) is 39.1 Å². The van der Waals surface area contributed by atoms with Gasteiger partial charge in [0.05, 0.1) is 0 Å². The van der Waals surface area contributed by atoms with Crippen LogP contribution in [-0.4, -0.2) is 65.8 Å². The van der Waals surface area contributed by atoms with Crippen molar-refractivity contribution in [2.75, 3.05) is 32.7 Å². The Labute approximate surface area is 121 Å². The van der Waals surface area contributed by atoms with Gasteiger partial charge in [0, 0.05) is 44.3 Å². The average Bonchev–Trinajstić information content (AvgIpc) is 2.93. The molecule has 3 rings (SSSR count). The third-order valence-corrected chi connectivity index (χ3v) is 4.59. The van der Waals surface area contributed by atoms with Gasteiger partial charge in [-0.2, -0.15) is 0 Å². The maximum Gasteiger partial charge on any atom is 0.410 e. The molecule has 2 saturated heterocycles. The summed E-state index contributed by atoms with van der Waals surface area (Å²) in [4.78, 5) is 16.6. The minimum Gasteiger partial charge on any atom is -0.444 e. The van der Waals surface area contributed by atoms with Gasteiger partial charge in [0.25, 0.3) is 0 Å². The molecule has 1 N–H and O–H groups in total. The largest absolute Gasteiger partial charge is 0.444 e. The zero-order valence-corrected chi connectivity index (χ0v) is 12.9. The van der Waals surface area contributed by atoms with E-state index in [9.17, 15) is 4.79 Å². The van der Waals surface area contributed by atoms with E-state index in [2.05, 4.69) is 10.2 Å². The molecule has 2 aliphatic heterocycles. The standard InChI is InChI=1S/C15H27N3O2/c1-14(2,3)20-13(19)17-8-4-12(10-17)18-9-7-16-15(11-18)5-6-15/h12,16H,4-11H2,1-3H3. The number of rotatable bonds is 1. The zero-order chi connectivity index (χ0) is 14.4. The zero-order valence-electron chi connectivity index (χ0n) is 12.9. The van der Waals surface area contributed by atoms with Gasteiger partial charge in [-0.1, -0.05) is 0 Å². The fraction of sp³-hybridized carbons (Fsp3) is 0.933. The molecule has 1 unspecified atom stereocenters. The first kappa shape index (κ1) is 14.1. The molecule has 0 aromatic carbocycles. The van der Waals surface area contributed by atoms with Crippen molar-refractivity contribution in [2.24, 2.45) is 0 Å². The molecule has 0 aromatic rings. The average molecular weight is 281 g/mol. The topological polar surface area (TPSA) is 44.8 Å². The van der Waals surface area contributed by atoms with Crippen LogP contribution in [0.4, 0.5) is 4.79 Å². The molecule has 0 bridgehead atoms. The number of piperazine rings is 1. The lowest BCUT2D eigenvalue weighted by Gasteiger charge is -2.37. The Morgan fingerprint density at radius 1 is 1.30 bits per heavy atom. The summed E-state index contributed by atoms with van der Waals surface area (Å²) in [5.74, 6) is 0. The Morgan fingerprint density at radius 3 is 2.70 bits per heavy atom. The molecule has 114 valence electrons. The highest BCUT2D eigenvalue weighted by molar-refractivity contribution is 5.68. The molecular weight excluding hydrogens is 254 g/mol. The molecule has 2 heterocycles. The Hall–Kier alpha value is -0.810. The van der Waals surface area contributed by atoms with Crippen LogP contribution in [0.15, 0.2) is 0 Å². The van der Waals surface area contributed by atoms with Gasteiger partial charge in [0.15, 0.2) is 0 Å². The molecule has 1 atom stereocenters. The lowest BCUT2D eigenvalue weighted by Crippen LogP contribution is -2.56. The molecule has 1 aliphatic carbocycles. The Balaban J connectivity index is 1.53. The third-order valence-electron chi connectivity index (χ3n) is 4.59. The normalized spacial score (nSPS) is 29.8. The summed E-state index contributed by atoms with van der Waals surface area (Å²) in [6.45, 7) is 10.8. The number of likely N-dealkylation sites (tertiary alicyclic amines) is 1. The fourth-order valence-electron chi connectivity index (χ4n) is 3.32. The van der Waals surface area contributed by atoms with Gasteiger partial charge in [0.2, 0.25) is 0 Å². The summed E-state index contributed by atoms with van der Waals surface area (Å²) >= 11 is 0. The summed E-state index contributed by atoms with van der Waals surface area (Å²) in [7, 11) is 0. The molecule has 1 saturated carbocycles. The maximum atomic E-state index is 12.1. The number of nitrogens with one attached hydrogen (secondary N) is 1. The van der Waals surface area contributed by atoms with E-state index in [-0.39, 0.29) is 6.09 Å². The van der Waals surface area contributed by atoms with Crippen LogP contribution < -0.4 is 5.32 Å². The van der Waals surface area contributed by atoms with Gasteiger partial charge in [-0.15, -0.1) is 0 Å². The summed E-state index contributed by atoms with van der Waals surface area (Å²) in [5, 5.41) is 3.64. The van der Waals surface area contributed by atoms with Crippen molar-refractivity contribution in [3.63, 3.8) is 0 Å². The molecule has 3 aliphatic rings. The number of amides is 1. The molecular formula is C15H27N3O2. The number of hydrogen-bond acceptors (Lipinski definition) is 4.